The highest BCUT2D eigenvalue weighted by Gasteiger charge is 2.23. The fourth-order valence-corrected chi connectivity index (χ4v) is 2.55. The predicted molar refractivity (Wildman–Crippen MR) is 92.5 cm³/mol. The molecule has 0 radical (unpaired) electrons. The molecule has 1 unspecified atom stereocenters. The number of benzene rings is 2. The third-order valence-electron chi connectivity index (χ3n) is 3.67. The second kappa shape index (κ2) is 9.03. The Morgan fingerprint density at radius 3 is 2.46 bits per heavy atom. The minimum absolute atomic E-state index is 0.0442. The number of ether oxygens (including phenoxy) is 2. The summed E-state index contributed by atoms with van der Waals surface area (Å²) in [5.74, 6) is -0.855. The van der Waals surface area contributed by atoms with E-state index in [-0.39, 0.29) is 19.6 Å². The first kappa shape index (κ1) is 17.9. The Labute approximate surface area is 141 Å². The summed E-state index contributed by atoms with van der Waals surface area (Å²) >= 11 is 0. The largest absolute Gasteiger partial charge is 0.466 e. The van der Waals surface area contributed by atoms with E-state index in [0.29, 0.717) is 6.54 Å². The lowest BCUT2D eigenvalue weighted by Gasteiger charge is -2.17. The summed E-state index contributed by atoms with van der Waals surface area (Å²) in [6.45, 7) is 4.50. The standard InChI is InChI=1S/C19H23NO4/c1-3-23-18(21)12-17(19(22)24-4-2)20-13-15-10-7-9-14-8-5-6-11-16(14)15/h5-11,17,20H,3-4,12-13H2,1-2H3. The molecule has 0 fully saturated rings. The van der Waals surface area contributed by atoms with Crippen LogP contribution in [0.4, 0.5) is 0 Å². The molecule has 0 aliphatic rings. The van der Waals surface area contributed by atoms with Gasteiger partial charge in [0.25, 0.3) is 0 Å². The molecule has 0 amide bonds. The van der Waals surface area contributed by atoms with Gasteiger partial charge in [0.1, 0.15) is 6.04 Å². The van der Waals surface area contributed by atoms with Crippen LogP contribution in [0.25, 0.3) is 10.8 Å². The zero-order valence-corrected chi connectivity index (χ0v) is 14.1. The maximum absolute atomic E-state index is 12.1. The van der Waals surface area contributed by atoms with E-state index in [0.717, 1.165) is 16.3 Å². The minimum Gasteiger partial charge on any atom is -0.466 e. The van der Waals surface area contributed by atoms with Crippen molar-refractivity contribution in [3.8, 4) is 0 Å². The van der Waals surface area contributed by atoms with E-state index in [1.165, 1.54) is 0 Å². The van der Waals surface area contributed by atoms with Crippen molar-refractivity contribution in [2.45, 2.75) is 32.9 Å². The molecule has 0 bridgehead atoms. The van der Waals surface area contributed by atoms with Gasteiger partial charge < -0.3 is 9.47 Å². The van der Waals surface area contributed by atoms with Crippen LogP contribution in [0.15, 0.2) is 42.5 Å². The van der Waals surface area contributed by atoms with E-state index >= 15 is 0 Å². The van der Waals surface area contributed by atoms with Crippen molar-refractivity contribution >= 4 is 22.7 Å². The molecular formula is C19H23NO4. The number of rotatable bonds is 8. The highest BCUT2D eigenvalue weighted by molar-refractivity contribution is 5.86. The molecule has 0 aromatic heterocycles. The van der Waals surface area contributed by atoms with Crippen molar-refractivity contribution < 1.29 is 19.1 Å². The molecule has 2 aromatic carbocycles. The molecule has 0 aliphatic carbocycles. The van der Waals surface area contributed by atoms with Crippen LogP contribution in [0.5, 0.6) is 0 Å². The fourth-order valence-electron chi connectivity index (χ4n) is 2.55. The molecule has 0 saturated heterocycles. The summed E-state index contributed by atoms with van der Waals surface area (Å²) < 4.78 is 9.99. The van der Waals surface area contributed by atoms with Gasteiger partial charge in [-0.25, -0.2) is 0 Å². The van der Waals surface area contributed by atoms with Gasteiger partial charge in [0.15, 0.2) is 0 Å². The first-order valence-electron chi connectivity index (χ1n) is 8.18. The van der Waals surface area contributed by atoms with Crippen molar-refractivity contribution in [2.24, 2.45) is 0 Å². The fraction of sp³-hybridized carbons (Fsp3) is 0.368. The second-order valence-corrected chi connectivity index (χ2v) is 5.33. The van der Waals surface area contributed by atoms with Gasteiger partial charge in [0, 0.05) is 6.54 Å². The van der Waals surface area contributed by atoms with Crippen LogP contribution in [0.3, 0.4) is 0 Å². The molecule has 1 N–H and O–H groups in total. The molecule has 0 aliphatic heterocycles. The minimum atomic E-state index is -0.719. The molecule has 24 heavy (non-hydrogen) atoms. The van der Waals surface area contributed by atoms with Gasteiger partial charge in [-0.15, -0.1) is 0 Å². The molecule has 5 nitrogen and oxygen atoms in total. The maximum Gasteiger partial charge on any atom is 0.323 e. The van der Waals surface area contributed by atoms with Crippen LogP contribution in [0.1, 0.15) is 25.8 Å². The average molecular weight is 329 g/mol. The third kappa shape index (κ3) is 4.80. The SMILES string of the molecule is CCOC(=O)CC(NCc1cccc2ccccc12)C(=O)OCC. The van der Waals surface area contributed by atoms with Crippen LogP contribution < -0.4 is 5.32 Å². The molecular weight excluding hydrogens is 306 g/mol. The van der Waals surface area contributed by atoms with Crippen molar-refractivity contribution in [2.75, 3.05) is 13.2 Å². The van der Waals surface area contributed by atoms with Gasteiger partial charge in [-0.3, -0.25) is 14.9 Å². The normalized spacial score (nSPS) is 11.9. The van der Waals surface area contributed by atoms with E-state index in [4.69, 9.17) is 9.47 Å². The van der Waals surface area contributed by atoms with Crippen LogP contribution in [0.2, 0.25) is 0 Å². The van der Waals surface area contributed by atoms with E-state index < -0.39 is 18.0 Å². The van der Waals surface area contributed by atoms with Gasteiger partial charge >= 0.3 is 11.9 Å². The Kier molecular flexibility index (Phi) is 6.75. The summed E-state index contributed by atoms with van der Waals surface area (Å²) in [5.41, 5.74) is 1.06. The summed E-state index contributed by atoms with van der Waals surface area (Å²) in [6.07, 6.45) is -0.0442. The average Bonchev–Trinajstić information content (AvgIpc) is 2.59. The number of fused-ring (bicyclic) bond motifs is 1. The highest BCUT2D eigenvalue weighted by atomic mass is 16.5. The first-order chi connectivity index (χ1) is 11.7. The van der Waals surface area contributed by atoms with Crippen LogP contribution in [-0.2, 0) is 25.6 Å². The summed E-state index contributed by atoms with van der Waals surface area (Å²) in [5, 5.41) is 5.38. The van der Waals surface area contributed by atoms with E-state index in [1.54, 1.807) is 13.8 Å². The van der Waals surface area contributed by atoms with Crippen LogP contribution in [-0.4, -0.2) is 31.2 Å². The molecule has 0 heterocycles. The van der Waals surface area contributed by atoms with E-state index in [2.05, 4.69) is 5.32 Å². The van der Waals surface area contributed by atoms with Crippen molar-refractivity contribution in [1.29, 1.82) is 0 Å². The molecule has 0 saturated carbocycles. The number of hydrogen-bond donors (Lipinski definition) is 1. The van der Waals surface area contributed by atoms with Crippen molar-refractivity contribution in [3.63, 3.8) is 0 Å². The summed E-state index contributed by atoms with van der Waals surface area (Å²) in [4.78, 5) is 23.8. The molecule has 0 spiro atoms. The number of carbonyl (C=O) groups is 2. The molecule has 2 rings (SSSR count). The Morgan fingerprint density at radius 2 is 1.71 bits per heavy atom. The molecule has 5 heteroatoms. The van der Waals surface area contributed by atoms with Crippen molar-refractivity contribution in [1.82, 2.24) is 5.32 Å². The Hall–Kier alpha value is -2.40. The highest BCUT2D eigenvalue weighted by Crippen LogP contribution is 2.18. The van der Waals surface area contributed by atoms with Gasteiger partial charge in [0.05, 0.1) is 19.6 Å². The monoisotopic (exact) mass is 329 g/mol. The Morgan fingerprint density at radius 1 is 1.00 bits per heavy atom. The quantitative estimate of drug-likeness (QED) is 0.755. The molecule has 128 valence electrons. The lowest BCUT2D eigenvalue weighted by atomic mass is 10.0. The Balaban J connectivity index is 2.10. The van der Waals surface area contributed by atoms with Gasteiger partial charge in [-0.2, -0.15) is 0 Å². The number of carbonyl (C=O) groups excluding carboxylic acids is 2. The van der Waals surface area contributed by atoms with Gasteiger partial charge in [-0.05, 0) is 30.2 Å². The molecule has 2 aromatic rings. The summed E-state index contributed by atoms with van der Waals surface area (Å²) in [7, 11) is 0. The maximum atomic E-state index is 12.1. The van der Waals surface area contributed by atoms with Crippen LogP contribution >= 0.6 is 0 Å². The van der Waals surface area contributed by atoms with Gasteiger partial charge in [-0.1, -0.05) is 42.5 Å². The number of nitrogens with one attached hydrogen (secondary N) is 1. The van der Waals surface area contributed by atoms with Gasteiger partial charge in [0.2, 0.25) is 0 Å². The lowest BCUT2D eigenvalue weighted by molar-refractivity contribution is -0.152. The second-order valence-electron chi connectivity index (χ2n) is 5.33. The zero-order valence-electron chi connectivity index (χ0n) is 14.1. The number of hydrogen-bond acceptors (Lipinski definition) is 5. The predicted octanol–water partition coefficient (Wildman–Crippen LogP) is 2.81. The molecule has 1 atom stereocenters. The topological polar surface area (TPSA) is 64.6 Å². The lowest BCUT2D eigenvalue weighted by Crippen LogP contribution is -2.39. The van der Waals surface area contributed by atoms with E-state index in [1.807, 2.05) is 42.5 Å². The van der Waals surface area contributed by atoms with Crippen LogP contribution in [0, 0.1) is 0 Å². The van der Waals surface area contributed by atoms with Crippen molar-refractivity contribution in [3.05, 3.63) is 48.0 Å². The first-order valence-corrected chi connectivity index (χ1v) is 8.18. The number of esters is 2. The zero-order chi connectivity index (χ0) is 17.4. The smallest absolute Gasteiger partial charge is 0.323 e. The third-order valence-corrected chi connectivity index (χ3v) is 3.67. The Bertz CT molecular complexity index is 693. The van der Waals surface area contributed by atoms with E-state index in [9.17, 15) is 9.59 Å². The summed E-state index contributed by atoms with van der Waals surface area (Å²) in [6, 6.07) is 13.3.